The minimum Gasteiger partial charge on any atom is -0.322 e. The summed E-state index contributed by atoms with van der Waals surface area (Å²) in [4.78, 5) is 25.2. The third kappa shape index (κ3) is 5.59. The summed E-state index contributed by atoms with van der Waals surface area (Å²) >= 11 is 5.66. The molecule has 4 nitrogen and oxygen atoms in total. The molecule has 3 aromatic rings. The van der Waals surface area contributed by atoms with Crippen molar-refractivity contribution in [3.8, 4) is 0 Å². The normalized spacial score (nSPS) is 12.3. The maximum absolute atomic E-state index is 14.5. The Hall–Kier alpha value is -3.67. The molecule has 0 bridgehead atoms. The Morgan fingerprint density at radius 1 is 0.763 bits per heavy atom. The number of aryl methyl sites for hydroxylation is 2. The number of halogens is 9. The number of carbonyl (C=O) groups is 2. The van der Waals surface area contributed by atoms with Gasteiger partial charge in [0.2, 0.25) is 0 Å². The van der Waals surface area contributed by atoms with E-state index in [1.165, 1.54) is 30.3 Å². The summed E-state index contributed by atoms with van der Waals surface area (Å²) in [6.45, 7) is 2.22. The van der Waals surface area contributed by atoms with E-state index in [-0.39, 0.29) is 38.7 Å². The first-order chi connectivity index (χ1) is 17.5. The van der Waals surface area contributed by atoms with Gasteiger partial charge in [-0.05, 0) is 61.4 Å². The maximum Gasteiger partial charge on any atom is 0.435 e. The predicted octanol–water partition coefficient (Wildman–Crippen LogP) is 7.89. The van der Waals surface area contributed by atoms with E-state index >= 15 is 0 Å². The molecular weight excluding hydrogens is 548 g/mol. The first-order valence-electron chi connectivity index (χ1n) is 10.6. The van der Waals surface area contributed by atoms with Crippen LogP contribution in [0.3, 0.4) is 0 Å². The van der Waals surface area contributed by atoms with Crippen molar-refractivity contribution in [2.24, 2.45) is 0 Å². The van der Waals surface area contributed by atoms with Gasteiger partial charge in [-0.25, -0.2) is 8.78 Å². The van der Waals surface area contributed by atoms with Gasteiger partial charge in [0, 0.05) is 27.5 Å². The Labute approximate surface area is 215 Å². The lowest BCUT2D eigenvalue weighted by molar-refractivity contribution is -0.348. The van der Waals surface area contributed by atoms with Crippen LogP contribution < -0.4 is 10.6 Å². The molecule has 3 rings (SSSR count). The number of benzene rings is 3. The average Bonchev–Trinajstić information content (AvgIpc) is 2.79. The van der Waals surface area contributed by atoms with Crippen molar-refractivity contribution >= 4 is 34.8 Å². The molecule has 2 N–H and O–H groups in total. The zero-order chi connectivity index (χ0) is 28.6. The van der Waals surface area contributed by atoms with Crippen molar-refractivity contribution in [2.75, 3.05) is 10.6 Å². The highest BCUT2D eigenvalue weighted by molar-refractivity contribution is 6.30. The second-order valence-electron chi connectivity index (χ2n) is 8.25. The van der Waals surface area contributed by atoms with E-state index in [0.29, 0.717) is 12.1 Å². The van der Waals surface area contributed by atoms with Crippen molar-refractivity contribution in [3.05, 3.63) is 93.3 Å². The average molecular weight is 565 g/mol. The quantitative estimate of drug-likeness (QED) is 0.310. The van der Waals surface area contributed by atoms with Gasteiger partial charge in [-0.2, -0.15) is 26.3 Å². The van der Waals surface area contributed by atoms with Crippen LogP contribution in [0.25, 0.3) is 0 Å². The van der Waals surface area contributed by atoms with E-state index < -0.39 is 41.2 Å². The van der Waals surface area contributed by atoms with Crippen LogP contribution in [0, 0.1) is 19.7 Å². The Morgan fingerprint density at radius 3 is 1.87 bits per heavy atom. The minimum absolute atomic E-state index is 0.0623. The number of carbonyl (C=O) groups excluding carboxylic acids is 2. The zero-order valence-electron chi connectivity index (χ0n) is 19.4. The third-order valence-corrected chi connectivity index (χ3v) is 5.74. The van der Waals surface area contributed by atoms with Crippen LogP contribution in [0.4, 0.5) is 46.5 Å². The van der Waals surface area contributed by atoms with E-state index in [9.17, 15) is 44.7 Å². The summed E-state index contributed by atoms with van der Waals surface area (Å²) in [6.07, 6.45) is -12.6. The van der Waals surface area contributed by atoms with Crippen molar-refractivity contribution in [3.63, 3.8) is 0 Å². The summed E-state index contributed by atoms with van der Waals surface area (Å²) in [5.74, 6) is -2.56. The lowest BCUT2D eigenvalue weighted by Gasteiger charge is -2.31. The molecule has 0 fully saturated rings. The molecule has 0 aromatic heterocycles. The van der Waals surface area contributed by atoms with Gasteiger partial charge in [-0.1, -0.05) is 29.8 Å². The summed E-state index contributed by atoms with van der Waals surface area (Å²) in [5, 5.41) is 4.84. The molecule has 3 aromatic carbocycles. The molecule has 0 saturated carbocycles. The van der Waals surface area contributed by atoms with Crippen LogP contribution in [-0.4, -0.2) is 24.2 Å². The van der Waals surface area contributed by atoms with Crippen molar-refractivity contribution in [2.45, 2.75) is 31.9 Å². The molecule has 38 heavy (non-hydrogen) atoms. The molecule has 0 saturated heterocycles. The van der Waals surface area contributed by atoms with E-state index in [1.807, 2.05) is 0 Å². The van der Waals surface area contributed by atoms with E-state index in [1.54, 1.807) is 0 Å². The zero-order valence-corrected chi connectivity index (χ0v) is 20.2. The molecule has 202 valence electrons. The molecule has 0 spiro atoms. The molecule has 0 atom stereocenters. The molecular formula is C25H17ClF8N2O2. The molecule has 13 heteroatoms. The van der Waals surface area contributed by atoms with Gasteiger partial charge in [0.25, 0.3) is 11.8 Å². The second-order valence-corrected chi connectivity index (χ2v) is 8.69. The first-order valence-corrected chi connectivity index (χ1v) is 11.0. The van der Waals surface area contributed by atoms with Crippen molar-refractivity contribution in [1.29, 1.82) is 0 Å². The van der Waals surface area contributed by atoms with Gasteiger partial charge in [-0.15, -0.1) is 0 Å². The standard InChI is InChI=1S/C25H17ClF8N2O2/c1-12-8-15(23(28,24(29,30)31)25(32,33)34)9-13(2)20(12)36-21(37)14-4-3-5-17(10-14)35-22(38)18-7-6-16(26)11-19(18)27/h3-11H,1-2H3,(H,35,38)(H,36,37). The van der Waals surface area contributed by atoms with Crippen LogP contribution in [-0.2, 0) is 5.67 Å². The molecule has 0 aliphatic rings. The van der Waals surface area contributed by atoms with E-state index in [4.69, 9.17) is 11.6 Å². The van der Waals surface area contributed by atoms with Gasteiger partial charge < -0.3 is 10.6 Å². The fourth-order valence-electron chi connectivity index (χ4n) is 3.64. The highest BCUT2D eigenvalue weighted by Gasteiger charge is 2.73. The predicted molar refractivity (Wildman–Crippen MR) is 125 cm³/mol. The number of rotatable bonds is 5. The SMILES string of the molecule is Cc1cc(C(F)(C(F)(F)F)C(F)(F)F)cc(C)c1NC(=O)c1cccc(NC(=O)c2ccc(Cl)cc2F)c1. The summed E-state index contributed by atoms with van der Waals surface area (Å²) < 4.78 is 107. The fourth-order valence-corrected chi connectivity index (χ4v) is 3.80. The first kappa shape index (κ1) is 28.9. The maximum atomic E-state index is 14.5. The summed E-state index contributed by atoms with van der Waals surface area (Å²) in [6, 6.07) is 9.40. The second kappa shape index (κ2) is 10.2. The van der Waals surface area contributed by atoms with Crippen LogP contribution >= 0.6 is 11.6 Å². The molecule has 2 amide bonds. The molecule has 0 heterocycles. The smallest absolute Gasteiger partial charge is 0.322 e. The van der Waals surface area contributed by atoms with E-state index in [0.717, 1.165) is 26.0 Å². The van der Waals surface area contributed by atoms with Gasteiger partial charge in [-0.3, -0.25) is 9.59 Å². The number of amides is 2. The van der Waals surface area contributed by atoms with Gasteiger partial charge in [0.1, 0.15) is 5.82 Å². The van der Waals surface area contributed by atoms with Crippen molar-refractivity contribution in [1.82, 2.24) is 0 Å². The third-order valence-electron chi connectivity index (χ3n) is 5.51. The van der Waals surface area contributed by atoms with E-state index in [2.05, 4.69) is 10.6 Å². The molecule has 0 aliphatic heterocycles. The largest absolute Gasteiger partial charge is 0.435 e. The Bertz CT molecular complexity index is 1370. The van der Waals surface area contributed by atoms with Gasteiger partial charge in [0.15, 0.2) is 0 Å². The number of alkyl halides is 7. The minimum atomic E-state index is -6.28. The van der Waals surface area contributed by atoms with Crippen molar-refractivity contribution < 1.29 is 44.7 Å². The summed E-state index contributed by atoms with van der Waals surface area (Å²) in [7, 11) is 0. The summed E-state index contributed by atoms with van der Waals surface area (Å²) in [5.41, 5.74) is -8.25. The van der Waals surface area contributed by atoms with Crippen LogP contribution in [0.5, 0.6) is 0 Å². The highest BCUT2D eigenvalue weighted by Crippen LogP contribution is 2.53. The lowest BCUT2D eigenvalue weighted by atomic mass is 9.90. The number of hydrogen-bond acceptors (Lipinski definition) is 2. The Morgan fingerprint density at radius 2 is 1.34 bits per heavy atom. The fraction of sp³-hybridized carbons (Fsp3) is 0.200. The highest BCUT2D eigenvalue weighted by atomic mass is 35.5. The lowest BCUT2D eigenvalue weighted by Crippen LogP contribution is -2.50. The topological polar surface area (TPSA) is 58.2 Å². The Balaban J connectivity index is 1.87. The monoisotopic (exact) mass is 564 g/mol. The number of hydrogen-bond donors (Lipinski definition) is 2. The number of anilines is 2. The van der Waals surface area contributed by atoms with Crippen LogP contribution in [0.2, 0.25) is 5.02 Å². The molecule has 0 unspecified atom stereocenters. The number of nitrogens with one attached hydrogen (secondary N) is 2. The van der Waals surface area contributed by atoms with Gasteiger partial charge in [0.05, 0.1) is 5.56 Å². The van der Waals surface area contributed by atoms with Crippen LogP contribution in [0.15, 0.2) is 54.6 Å². The molecule has 0 aliphatic carbocycles. The van der Waals surface area contributed by atoms with Crippen LogP contribution in [0.1, 0.15) is 37.4 Å². The van der Waals surface area contributed by atoms with Gasteiger partial charge >= 0.3 is 18.0 Å². The Kier molecular flexibility index (Phi) is 7.79. The molecule has 0 radical (unpaired) electrons.